The molecule has 1 aromatic heterocycles. The van der Waals surface area contributed by atoms with E-state index in [2.05, 4.69) is 4.98 Å². The molecule has 3 aliphatic rings. The number of esters is 3. The highest BCUT2D eigenvalue weighted by atomic mass is 16.7. The van der Waals surface area contributed by atoms with Crippen LogP contribution in [-0.2, 0) is 52.3 Å². The largest absolute Gasteiger partial charge is 0.462 e. The smallest absolute Gasteiger partial charge is 0.309 e. The molecular weight excluding hydrogens is 821 g/mol. The third-order valence-corrected chi connectivity index (χ3v) is 11.7. The number of carbonyl (C=O) groups excluding carboxylic acids is 3. The van der Waals surface area contributed by atoms with Gasteiger partial charge in [-0.2, -0.15) is 0 Å². The van der Waals surface area contributed by atoms with Crippen LogP contribution in [0.1, 0.15) is 92.6 Å². The molecule has 0 amide bonds. The number of likely N-dealkylation sites (N-methyl/N-ethyl adjacent to an activating group) is 1. The van der Waals surface area contributed by atoms with E-state index in [0.29, 0.717) is 12.0 Å². The van der Waals surface area contributed by atoms with Crippen molar-refractivity contribution >= 4 is 24.0 Å². The highest BCUT2D eigenvalue weighted by Crippen LogP contribution is 2.39. The number of aliphatic hydroxyl groups is 4. The maximum absolute atomic E-state index is 13.5. The second-order valence-electron chi connectivity index (χ2n) is 17.3. The van der Waals surface area contributed by atoms with Gasteiger partial charge in [-0.25, -0.2) is 0 Å². The summed E-state index contributed by atoms with van der Waals surface area (Å²) in [6.45, 7) is 11.6. The maximum Gasteiger partial charge on any atom is 0.309 e. The summed E-state index contributed by atoms with van der Waals surface area (Å²) in [6.07, 6.45) is -0.643. The van der Waals surface area contributed by atoms with Crippen LogP contribution in [0.15, 0.2) is 54.9 Å². The zero-order chi connectivity index (χ0) is 46.6. The Morgan fingerprint density at radius 1 is 0.952 bits per heavy atom. The zero-order valence-electron chi connectivity index (χ0n) is 38.3. The van der Waals surface area contributed by atoms with Crippen molar-refractivity contribution in [2.75, 3.05) is 21.2 Å². The number of allylic oxidation sites excluding steroid dienone is 2. The molecule has 9 unspecified atom stereocenters. The predicted octanol–water partition coefficient (Wildman–Crippen LogP) is 3.40. The van der Waals surface area contributed by atoms with E-state index in [-0.39, 0.29) is 25.7 Å². The number of cyclic esters (lactones) is 1. The van der Waals surface area contributed by atoms with Crippen LogP contribution in [-0.4, -0.2) is 160 Å². The quantitative estimate of drug-likeness (QED) is 0.174. The van der Waals surface area contributed by atoms with Gasteiger partial charge < -0.3 is 63.2 Å². The van der Waals surface area contributed by atoms with E-state index in [1.165, 1.54) is 13.2 Å². The van der Waals surface area contributed by atoms with Gasteiger partial charge in [-0.15, -0.1) is 0 Å². The molecule has 4 N–H and O–H groups in total. The summed E-state index contributed by atoms with van der Waals surface area (Å²) in [4.78, 5) is 44.7. The van der Waals surface area contributed by atoms with Crippen molar-refractivity contribution in [3.05, 3.63) is 60.5 Å². The van der Waals surface area contributed by atoms with E-state index in [1.54, 1.807) is 122 Å². The number of pyridine rings is 1. The Morgan fingerprint density at radius 2 is 1.65 bits per heavy atom. The summed E-state index contributed by atoms with van der Waals surface area (Å²) >= 11 is 0. The van der Waals surface area contributed by atoms with E-state index >= 15 is 0 Å². The van der Waals surface area contributed by atoms with Crippen LogP contribution in [0.2, 0.25) is 0 Å². The first-order chi connectivity index (χ1) is 29.7. The Hall–Kier alpha value is -3.62. The van der Waals surface area contributed by atoms with Gasteiger partial charge in [0.15, 0.2) is 18.7 Å². The van der Waals surface area contributed by atoms with Crippen molar-refractivity contribution in [1.29, 1.82) is 0 Å². The third kappa shape index (κ3) is 14.2. The lowest BCUT2D eigenvalue weighted by molar-refractivity contribution is -0.348. The van der Waals surface area contributed by atoms with E-state index in [1.807, 2.05) is 0 Å². The second-order valence-corrected chi connectivity index (χ2v) is 17.3. The van der Waals surface area contributed by atoms with Crippen LogP contribution in [0.5, 0.6) is 0 Å². The van der Waals surface area contributed by atoms with Gasteiger partial charge in [0.05, 0.1) is 30.8 Å². The molecule has 17 nitrogen and oxygen atoms in total. The summed E-state index contributed by atoms with van der Waals surface area (Å²) in [7, 11) is 4.78. The molecule has 0 aliphatic carbocycles. The number of ether oxygens (including phenoxy) is 8. The van der Waals surface area contributed by atoms with Crippen LogP contribution in [0.4, 0.5) is 0 Å². The number of carbonyl (C=O) groups is 3. The Bertz CT molecular complexity index is 1710. The lowest BCUT2D eigenvalue weighted by Gasteiger charge is -2.51. The minimum Gasteiger partial charge on any atom is -0.462 e. The molecule has 2 fully saturated rings. The Morgan fingerprint density at radius 3 is 2.27 bits per heavy atom. The first-order valence-corrected chi connectivity index (χ1v) is 21.9. The molecule has 0 radical (unpaired) electrons. The summed E-state index contributed by atoms with van der Waals surface area (Å²) in [5.41, 5.74) is -3.01. The molecule has 16 atom stereocenters. The topological polar surface area (TPSA) is 222 Å². The summed E-state index contributed by atoms with van der Waals surface area (Å²) in [5, 5.41) is 48.2. The molecule has 1 aromatic rings. The number of nitrogens with zero attached hydrogens (tertiary/aromatic N) is 2. The second kappa shape index (κ2) is 23.5. The van der Waals surface area contributed by atoms with Crippen LogP contribution in [0.3, 0.4) is 0 Å². The normalized spacial score (nSPS) is 39.6. The standard InChI is InChI=1S/C46H70N2O15/c1-11-34(50)60-33-23-36(52)57-28(4)17-14-13-15-19-32(49)27(3)24-46(55,21-20-31-18-16-22-47-26-31)43(41(33)56-10)63-44-39(53)38(48(8)9)40(29(5)59-44)62-37-25-45(7,54)42(30(6)58-37)61-35(51)12-2/h13-16,18-22,26-30,32-33,37-44,49,53-55H,11-12,17,23-25H2,1-10H3/b14-13+,19-15+,21-20+/t27-,28-,29?,30?,32+,33-,37?,38?,39?,40?,41+,42?,43-,44?,45?,46-/m1/s1. The minimum atomic E-state index is -2.10. The molecular formula is C46H70N2O15. The molecule has 2 saturated heterocycles. The molecule has 0 bridgehead atoms. The van der Waals surface area contributed by atoms with Crippen molar-refractivity contribution in [3.63, 3.8) is 0 Å². The summed E-state index contributed by atoms with van der Waals surface area (Å²) < 4.78 is 49.0. The van der Waals surface area contributed by atoms with Crippen molar-refractivity contribution in [3.8, 4) is 0 Å². The Labute approximate surface area is 371 Å². The zero-order valence-corrected chi connectivity index (χ0v) is 38.3. The molecule has 4 rings (SSSR count). The number of aromatic nitrogens is 1. The van der Waals surface area contributed by atoms with Gasteiger partial charge in [0.2, 0.25) is 0 Å². The van der Waals surface area contributed by atoms with Crippen molar-refractivity contribution in [2.24, 2.45) is 5.92 Å². The van der Waals surface area contributed by atoms with Crippen LogP contribution < -0.4 is 0 Å². The number of aliphatic hydroxyl groups excluding tert-OH is 2. The number of hydrogen-bond acceptors (Lipinski definition) is 17. The van der Waals surface area contributed by atoms with Crippen LogP contribution >= 0.6 is 0 Å². The first kappa shape index (κ1) is 52.0. The fraction of sp³-hybridized carbons (Fsp3) is 0.696. The molecule has 4 heterocycles. The molecule has 3 aliphatic heterocycles. The third-order valence-electron chi connectivity index (χ3n) is 11.7. The Kier molecular flexibility index (Phi) is 19.4. The Balaban J connectivity index is 1.80. The predicted molar refractivity (Wildman–Crippen MR) is 229 cm³/mol. The molecule has 63 heavy (non-hydrogen) atoms. The molecule has 0 spiro atoms. The molecule has 0 saturated carbocycles. The van der Waals surface area contributed by atoms with E-state index in [0.717, 1.165) is 0 Å². The summed E-state index contributed by atoms with van der Waals surface area (Å²) in [6, 6.07) is 2.64. The highest BCUT2D eigenvalue weighted by molar-refractivity contribution is 5.73. The van der Waals surface area contributed by atoms with Gasteiger partial charge in [-0.05, 0) is 71.8 Å². The van der Waals surface area contributed by atoms with Gasteiger partial charge in [0.1, 0.15) is 47.8 Å². The number of rotatable bonds is 12. The van der Waals surface area contributed by atoms with E-state index < -0.39 is 121 Å². The van der Waals surface area contributed by atoms with Crippen molar-refractivity contribution < 1.29 is 72.7 Å². The lowest BCUT2D eigenvalue weighted by Crippen LogP contribution is -2.67. The SMILES string of the molecule is CCC(=O)OC1C(C)OC(OC2C(C)OC(O[C@@H]3[C@@H](OC)[C@H](OC(=O)CC)CC(=O)O[C@H](C)C/C=C/C=C/[C@H](O)[C@H](C)C[C@]3(O)/C=C/c3cccnc3)C(O)C2N(C)C)CC1(C)O. The number of hydrogen-bond donors (Lipinski definition) is 4. The fourth-order valence-corrected chi connectivity index (χ4v) is 8.33. The number of methoxy groups -OCH3 is 1. The average Bonchev–Trinajstić information content (AvgIpc) is 3.22. The molecule has 0 aromatic carbocycles. The van der Waals surface area contributed by atoms with Gasteiger partial charge in [-0.1, -0.05) is 57.2 Å². The fourth-order valence-electron chi connectivity index (χ4n) is 8.33. The first-order valence-electron chi connectivity index (χ1n) is 21.9. The van der Waals surface area contributed by atoms with Gasteiger partial charge in [0, 0.05) is 45.2 Å². The van der Waals surface area contributed by atoms with Crippen LogP contribution in [0.25, 0.3) is 6.08 Å². The minimum absolute atomic E-state index is 0.0488. The van der Waals surface area contributed by atoms with Gasteiger partial charge in [-0.3, -0.25) is 19.4 Å². The highest BCUT2D eigenvalue weighted by Gasteiger charge is 2.54. The maximum atomic E-state index is 13.5. The van der Waals surface area contributed by atoms with Crippen LogP contribution in [0, 0.1) is 5.92 Å². The summed E-state index contributed by atoms with van der Waals surface area (Å²) in [5.74, 6) is -2.48. The van der Waals surface area contributed by atoms with Gasteiger partial charge >= 0.3 is 17.9 Å². The average molecular weight is 891 g/mol. The van der Waals surface area contributed by atoms with Crippen molar-refractivity contribution in [1.82, 2.24) is 9.88 Å². The van der Waals surface area contributed by atoms with Gasteiger partial charge in [0.25, 0.3) is 0 Å². The molecule has 354 valence electrons. The van der Waals surface area contributed by atoms with Crippen molar-refractivity contribution in [2.45, 2.75) is 178 Å². The monoisotopic (exact) mass is 890 g/mol. The van der Waals surface area contributed by atoms with E-state index in [4.69, 9.17) is 37.9 Å². The van der Waals surface area contributed by atoms with E-state index in [9.17, 15) is 34.8 Å². The lowest BCUT2D eigenvalue weighted by atomic mass is 9.79. The molecule has 17 heteroatoms.